The lowest BCUT2D eigenvalue weighted by molar-refractivity contribution is 0.667. The van der Waals surface area contributed by atoms with E-state index in [1.54, 1.807) is 0 Å². The summed E-state index contributed by atoms with van der Waals surface area (Å²) in [5.74, 6) is 0. The Hall–Kier alpha value is -1.41. The molecule has 0 aliphatic rings. The topological polar surface area (TPSA) is 12.9 Å². The second kappa shape index (κ2) is 7.73. The van der Waals surface area contributed by atoms with E-state index in [9.17, 15) is 0 Å². The molecule has 0 unspecified atom stereocenters. The zero-order valence-corrected chi connectivity index (χ0v) is 15.5. The molecule has 0 spiro atoms. The number of hydrogen-bond acceptors (Lipinski definition) is 1. The summed E-state index contributed by atoms with van der Waals surface area (Å²) in [6.07, 6.45) is 8.63. The summed E-state index contributed by atoms with van der Waals surface area (Å²) in [4.78, 5) is 4.76. The van der Waals surface area contributed by atoms with Crippen LogP contribution in [-0.4, -0.2) is 13.1 Å². The van der Waals surface area contributed by atoms with Gasteiger partial charge in [-0.15, -0.1) is 0 Å². The predicted octanol–water partition coefficient (Wildman–Crippen LogP) is 5.42. The summed E-state index contributed by atoms with van der Waals surface area (Å²) in [7, 11) is -1.33. The average Bonchev–Trinajstić information content (AvgIpc) is 2.51. The Balaban J connectivity index is 2.29. The van der Waals surface area contributed by atoms with Gasteiger partial charge in [0, 0.05) is 11.8 Å². The summed E-state index contributed by atoms with van der Waals surface area (Å²) in [5.41, 5.74) is 3.87. The van der Waals surface area contributed by atoms with Crippen molar-refractivity contribution in [3.8, 4) is 11.3 Å². The van der Waals surface area contributed by atoms with Gasteiger partial charge in [-0.1, -0.05) is 76.2 Å². The van der Waals surface area contributed by atoms with E-state index >= 15 is 0 Å². The molecule has 2 rings (SSSR count). The Morgan fingerprint density at radius 3 is 2.32 bits per heavy atom. The van der Waals surface area contributed by atoms with Crippen LogP contribution in [0.15, 0.2) is 42.6 Å². The highest BCUT2D eigenvalue weighted by Gasteiger charge is 2.21. The smallest absolute Gasteiger partial charge is 0.0799 e. The van der Waals surface area contributed by atoms with Crippen LogP contribution in [0.25, 0.3) is 11.3 Å². The fourth-order valence-corrected chi connectivity index (χ4v) is 4.50. The van der Waals surface area contributed by atoms with Gasteiger partial charge in [0.05, 0.1) is 13.8 Å². The van der Waals surface area contributed by atoms with Crippen LogP contribution in [0.3, 0.4) is 0 Å². The zero-order valence-electron chi connectivity index (χ0n) is 14.5. The highest BCUT2D eigenvalue weighted by Crippen LogP contribution is 2.19. The first-order valence-corrected chi connectivity index (χ1v) is 12.1. The minimum atomic E-state index is -1.33. The molecule has 0 saturated heterocycles. The fourth-order valence-electron chi connectivity index (χ4n) is 2.89. The zero-order chi connectivity index (χ0) is 16.0. The third kappa shape index (κ3) is 4.54. The molecule has 0 bridgehead atoms. The molecular weight excluding hydrogens is 282 g/mol. The standard InChI is InChI=1S/C20H29NSi/c1-5-6-7-9-14-18-15-19(17-12-10-8-11-13-17)21-16-20(18)22(2,3)4/h8,10-13,15-16H,5-7,9,14H2,1-4H3. The van der Waals surface area contributed by atoms with E-state index in [0.717, 1.165) is 5.69 Å². The van der Waals surface area contributed by atoms with Gasteiger partial charge in [-0.25, -0.2) is 0 Å². The molecule has 1 aromatic heterocycles. The van der Waals surface area contributed by atoms with Crippen molar-refractivity contribution in [3.63, 3.8) is 0 Å². The van der Waals surface area contributed by atoms with Crippen molar-refractivity contribution in [2.75, 3.05) is 0 Å². The van der Waals surface area contributed by atoms with Crippen LogP contribution >= 0.6 is 0 Å². The predicted molar refractivity (Wildman–Crippen MR) is 100 cm³/mol. The van der Waals surface area contributed by atoms with E-state index < -0.39 is 8.07 Å². The first kappa shape index (κ1) is 16.9. The maximum absolute atomic E-state index is 4.76. The minimum Gasteiger partial charge on any atom is -0.256 e. The summed E-state index contributed by atoms with van der Waals surface area (Å²) in [5, 5.41) is 1.53. The molecular formula is C20H29NSi. The lowest BCUT2D eigenvalue weighted by Crippen LogP contribution is -2.40. The molecule has 1 nitrogen and oxygen atoms in total. The number of hydrogen-bond donors (Lipinski definition) is 0. The van der Waals surface area contributed by atoms with Crippen LogP contribution in [0.2, 0.25) is 19.6 Å². The minimum absolute atomic E-state index is 1.12. The van der Waals surface area contributed by atoms with Crippen molar-refractivity contribution in [2.24, 2.45) is 0 Å². The molecule has 0 N–H and O–H groups in total. The van der Waals surface area contributed by atoms with Gasteiger partial charge in [0.1, 0.15) is 0 Å². The van der Waals surface area contributed by atoms with E-state index in [1.807, 2.05) is 0 Å². The highest BCUT2D eigenvalue weighted by atomic mass is 28.3. The van der Waals surface area contributed by atoms with Crippen molar-refractivity contribution in [2.45, 2.75) is 58.7 Å². The van der Waals surface area contributed by atoms with Crippen molar-refractivity contribution >= 4 is 13.3 Å². The van der Waals surface area contributed by atoms with E-state index in [1.165, 1.54) is 48.4 Å². The van der Waals surface area contributed by atoms with E-state index in [2.05, 4.69) is 69.2 Å². The largest absolute Gasteiger partial charge is 0.256 e. The van der Waals surface area contributed by atoms with Gasteiger partial charge in [-0.05, 0) is 29.7 Å². The molecule has 0 aliphatic carbocycles. The van der Waals surface area contributed by atoms with Crippen LogP contribution in [0.5, 0.6) is 0 Å². The molecule has 0 aliphatic heterocycles. The molecule has 2 aromatic rings. The Morgan fingerprint density at radius 1 is 0.955 bits per heavy atom. The van der Waals surface area contributed by atoms with Crippen LogP contribution in [0.4, 0.5) is 0 Å². The lowest BCUT2D eigenvalue weighted by atomic mass is 10.0. The molecule has 118 valence electrons. The van der Waals surface area contributed by atoms with Crippen molar-refractivity contribution in [3.05, 3.63) is 48.2 Å². The molecule has 0 radical (unpaired) electrons. The Morgan fingerprint density at radius 2 is 1.68 bits per heavy atom. The summed E-state index contributed by atoms with van der Waals surface area (Å²) < 4.78 is 0. The molecule has 1 aromatic carbocycles. The van der Waals surface area contributed by atoms with Gasteiger partial charge in [0.15, 0.2) is 0 Å². The van der Waals surface area contributed by atoms with Crippen molar-refractivity contribution in [1.82, 2.24) is 4.98 Å². The third-order valence-corrected chi connectivity index (χ3v) is 6.23. The number of benzene rings is 1. The molecule has 2 heteroatoms. The monoisotopic (exact) mass is 311 g/mol. The fraction of sp³-hybridized carbons (Fsp3) is 0.450. The van der Waals surface area contributed by atoms with Crippen molar-refractivity contribution in [1.29, 1.82) is 0 Å². The third-order valence-electron chi connectivity index (χ3n) is 4.17. The first-order valence-electron chi connectivity index (χ1n) is 8.57. The van der Waals surface area contributed by atoms with Gasteiger partial charge in [-0.3, -0.25) is 4.98 Å². The summed E-state index contributed by atoms with van der Waals surface area (Å²) in [6, 6.07) is 12.9. The number of aromatic nitrogens is 1. The second-order valence-electron chi connectivity index (χ2n) is 7.15. The van der Waals surface area contributed by atoms with Gasteiger partial charge >= 0.3 is 0 Å². The summed E-state index contributed by atoms with van der Waals surface area (Å²) in [6.45, 7) is 9.53. The maximum atomic E-state index is 4.76. The van der Waals surface area contributed by atoms with E-state index in [4.69, 9.17) is 4.98 Å². The van der Waals surface area contributed by atoms with Crippen LogP contribution in [-0.2, 0) is 6.42 Å². The van der Waals surface area contributed by atoms with Crippen molar-refractivity contribution < 1.29 is 0 Å². The number of nitrogens with zero attached hydrogens (tertiary/aromatic N) is 1. The van der Waals surface area contributed by atoms with E-state index in [-0.39, 0.29) is 0 Å². The quantitative estimate of drug-likeness (QED) is 0.491. The number of pyridine rings is 1. The summed E-state index contributed by atoms with van der Waals surface area (Å²) >= 11 is 0. The van der Waals surface area contributed by atoms with Gasteiger partial charge < -0.3 is 0 Å². The van der Waals surface area contributed by atoms with Gasteiger partial charge in [-0.2, -0.15) is 0 Å². The molecule has 22 heavy (non-hydrogen) atoms. The van der Waals surface area contributed by atoms with Crippen LogP contribution < -0.4 is 5.19 Å². The SMILES string of the molecule is CCCCCCc1cc(-c2ccccc2)ncc1[Si](C)(C)C. The lowest BCUT2D eigenvalue weighted by Gasteiger charge is -2.21. The molecule has 0 atom stereocenters. The Kier molecular flexibility index (Phi) is 5.96. The average molecular weight is 312 g/mol. The highest BCUT2D eigenvalue weighted by molar-refractivity contribution is 6.89. The molecule has 0 saturated carbocycles. The van der Waals surface area contributed by atoms with Crippen LogP contribution in [0, 0.1) is 0 Å². The number of aryl methyl sites for hydroxylation is 1. The number of unbranched alkanes of at least 4 members (excludes halogenated alkanes) is 3. The van der Waals surface area contributed by atoms with Gasteiger partial charge in [0.2, 0.25) is 0 Å². The Labute approximate surface area is 136 Å². The van der Waals surface area contributed by atoms with E-state index in [0.29, 0.717) is 0 Å². The number of rotatable bonds is 7. The Bertz CT molecular complexity index is 584. The second-order valence-corrected chi connectivity index (χ2v) is 12.2. The normalized spacial score (nSPS) is 11.6. The van der Waals surface area contributed by atoms with Gasteiger partial charge in [0.25, 0.3) is 0 Å². The molecule has 0 amide bonds. The molecule has 0 fully saturated rings. The maximum Gasteiger partial charge on any atom is 0.0799 e. The first-order chi connectivity index (χ1) is 10.5. The molecule has 1 heterocycles. The van der Waals surface area contributed by atoms with Crippen LogP contribution in [0.1, 0.15) is 38.2 Å².